The second-order valence-corrected chi connectivity index (χ2v) is 70.9. The molecule has 0 saturated heterocycles. The van der Waals surface area contributed by atoms with Crippen molar-refractivity contribution in [3.63, 3.8) is 0 Å². The molecule has 1 aromatic rings. The Morgan fingerprint density at radius 2 is 1.56 bits per heavy atom. The van der Waals surface area contributed by atoms with Crippen LogP contribution in [-0.2, 0) is 0 Å². The maximum absolute atomic E-state index is 2.71. The van der Waals surface area contributed by atoms with Crippen molar-refractivity contribution in [1.82, 2.24) is 0 Å². The van der Waals surface area contributed by atoms with Crippen LogP contribution in [0, 0.1) is 0 Å². The van der Waals surface area contributed by atoms with E-state index in [9.17, 15) is 0 Å². The molecule has 0 saturated carbocycles. The minimum atomic E-state index is -1.92. The summed E-state index contributed by atoms with van der Waals surface area (Å²) in [6.45, 7) is 0. The van der Waals surface area contributed by atoms with Crippen LogP contribution < -0.4 is 0 Å². The summed E-state index contributed by atoms with van der Waals surface area (Å²) in [6, 6.07) is 2.46. The van der Waals surface area contributed by atoms with E-state index in [2.05, 4.69) is 52.6 Å². The molecule has 0 aliphatic carbocycles. The molecule has 1 aromatic heterocycles. The summed E-state index contributed by atoms with van der Waals surface area (Å²) in [5, 5.41) is 5.02. The molecule has 0 N–H and O–H groups in total. The maximum atomic E-state index is 2.71. The molecule has 0 spiro atoms. The Labute approximate surface area is 110 Å². The average molecular weight is 468 g/mol. The molecule has 4 heteroatoms. The number of hydrogen-bond donors (Lipinski definition) is 0. The van der Waals surface area contributed by atoms with Gasteiger partial charge in [0.05, 0.1) is 0 Å². The van der Waals surface area contributed by atoms with Crippen molar-refractivity contribution in [2.45, 2.75) is 34.5 Å². The van der Waals surface area contributed by atoms with Crippen LogP contribution in [0.15, 0.2) is 21.7 Å². The quantitative estimate of drug-likeness (QED) is 0.499. The molecule has 0 radical (unpaired) electrons. The molecule has 1 aliphatic rings. The first kappa shape index (κ1) is 13.8. The van der Waals surface area contributed by atoms with Gasteiger partial charge in [0.1, 0.15) is 0 Å². The molecule has 16 heavy (non-hydrogen) atoms. The average Bonchev–Trinajstić information content (AvgIpc) is 2.54. The second-order valence-electron chi connectivity index (χ2n) is 6.34. The van der Waals surface area contributed by atoms with E-state index in [4.69, 9.17) is 0 Å². The summed E-state index contributed by atoms with van der Waals surface area (Å²) in [5.41, 5.74) is 0. The van der Waals surface area contributed by atoms with Gasteiger partial charge in [0, 0.05) is 0 Å². The Hall–Kier alpha value is 1.39. The summed E-state index contributed by atoms with van der Waals surface area (Å²) < 4.78 is -0.460. The van der Waals surface area contributed by atoms with Gasteiger partial charge in [-0.1, -0.05) is 0 Å². The molecular formula is C12H22S2Sn2. The molecule has 0 aromatic carbocycles. The summed E-state index contributed by atoms with van der Waals surface area (Å²) in [4.78, 5) is 19.3. The van der Waals surface area contributed by atoms with Gasteiger partial charge in [0.15, 0.2) is 0 Å². The van der Waals surface area contributed by atoms with E-state index >= 15 is 0 Å². The third-order valence-corrected chi connectivity index (χ3v) is 119. The first-order valence-corrected chi connectivity index (χ1v) is 32.5. The van der Waals surface area contributed by atoms with Crippen LogP contribution in [0.4, 0.5) is 0 Å². The molecule has 0 nitrogen and oxygen atoms in total. The van der Waals surface area contributed by atoms with E-state index in [1.54, 1.807) is 9.77 Å². The first-order chi connectivity index (χ1) is 7.20. The Morgan fingerprint density at radius 3 is 2.06 bits per heavy atom. The van der Waals surface area contributed by atoms with E-state index in [-0.39, 0.29) is 0 Å². The van der Waals surface area contributed by atoms with Crippen molar-refractivity contribution < 1.29 is 0 Å². The third kappa shape index (κ3) is 1.86. The summed E-state index contributed by atoms with van der Waals surface area (Å²) >= 11 is -1.90. The molecule has 0 bridgehead atoms. The van der Waals surface area contributed by atoms with Gasteiger partial charge in [-0.2, -0.15) is 0 Å². The summed E-state index contributed by atoms with van der Waals surface area (Å²) in [5.74, 6) is 0. The van der Waals surface area contributed by atoms with E-state index in [1.165, 1.54) is 0 Å². The summed E-state index contributed by atoms with van der Waals surface area (Å²) in [7, 11) is 0. The van der Waals surface area contributed by atoms with Crippen molar-refractivity contribution in [2.24, 2.45) is 0 Å². The fourth-order valence-electron chi connectivity index (χ4n) is 2.92. The first-order valence-electron chi connectivity index (χ1n) is 5.78. The van der Waals surface area contributed by atoms with Gasteiger partial charge in [0.25, 0.3) is 0 Å². The fourth-order valence-corrected chi connectivity index (χ4v) is 154. The zero-order valence-electron chi connectivity index (χ0n) is 11.1. The Morgan fingerprint density at radius 1 is 1.00 bits per heavy atom. The zero-order valence-corrected chi connectivity index (χ0v) is 18.5. The van der Waals surface area contributed by atoms with Crippen LogP contribution in [-0.4, -0.2) is 34.0 Å². The van der Waals surface area contributed by atoms with Crippen molar-refractivity contribution in [3.05, 3.63) is 21.7 Å². The molecule has 90 valence electrons. The standard InChI is InChI=1S/C6H4S2.6CH3.2Sn/c1-3-7-6-2-4-8-5(1)6;;;;;;;;/h1-4H;6*1H3;;. The predicted molar refractivity (Wildman–Crippen MR) is 85.9 cm³/mol. The van der Waals surface area contributed by atoms with Gasteiger partial charge < -0.3 is 0 Å². The monoisotopic (exact) mass is 470 g/mol. The summed E-state index contributed by atoms with van der Waals surface area (Å²) in [6.07, 6.45) is 2.46. The number of rotatable bonds is 2. The van der Waals surface area contributed by atoms with Crippen LogP contribution in [0.2, 0.25) is 29.6 Å². The van der Waals surface area contributed by atoms with E-state index < -0.39 is 38.4 Å². The molecule has 0 amide bonds. The van der Waals surface area contributed by atoms with Crippen LogP contribution in [0.1, 0.15) is 4.88 Å². The van der Waals surface area contributed by atoms with E-state index in [0.717, 1.165) is 0 Å². The SMILES string of the molecule is [CH3][Sn]([CH3])([CH3])[S]1([Sn]([CH3])([CH3])[CH3])C=Cc2sccc21. The molecule has 0 unspecified atom stereocenters. The van der Waals surface area contributed by atoms with Crippen LogP contribution in [0.5, 0.6) is 0 Å². The van der Waals surface area contributed by atoms with Gasteiger partial charge in [-0.05, 0) is 0 Å². The minimum absolute atomic E-state index is 0.460. The topological polar surface area (TPSA) is 0 Å². The molecule has 0 fully saturated rings. The second kappa shape index (κ2) is 4.20. The molecular weight excluding hydrogens is 446 g/mol. The number of fused-ring (bicyclic) bond motifs is 1. The van der Waals surface area contributed by atoms with Crippen LogP contribution in [0.3, 0.4) is 0 Å². The van der Waals surface area contributed by atoms with Crippen molar-refractivity contribution in [2.75, 3.05) is 0 Å². The van der Waals surface area contributed by atoms with Gasteiger partial charge in [-0.15, -0.1) is 0 Å². The van der Waals surface area contributed by atoms with Gasteiger partial charge >= 0.3 is 112 Å². The fraction of sp³-hybridized carbons (Fsp3) is 0.500. The van der Waals surface area contributed by atoms with Crippen LogP contribution >= 0.6 is 15.7 Å². The third-order valence-electron chi connectivity index (χ3n) is 3.36. The van der Waals surface area contributed by atoms with Crippen molar-refractivity contribution in [3.8, 4) is 0 Å². The predicted octanol–water partition coefficient (Wildman–Crippen LogP) is 5.57. The van der Waals surface area contributed by atoms with Gasteiger partial charge in [-0.3, -0.25) is 0 Å². The van der Waals surface area contributed by atoms with Crippen molar-refractivity contribution >= 4 is 55.8 Å². The molecule has 2 heterocycles. The van der Waals surface area contributed by atoms with Gasteiger partial charge in [0.2, 0.25) is 0 Å². The molecule has 1 aliphatic heterocycles. The zero-order chi connectivity index (χ0) is 12.2. The van der Waals surface area contributed by atoms with Crippen LogP contribution in [0.25, 0.3) is 6.08 Å². The van der Waals surface area contributed by atoms with E-state index in [1.807, 2.05) is 11.3 Å². The van der Waals surface area contributed by atoms with Gasteiger partial charge in [-0.25, -0.2) is 0 Å². The number of thiophene rings is 1. The van der Waals surface area contributed by atoms with E-state index in [0.29, 0.717) is 0 Å². The Kier molecular flexibility index (Phi) is 3.63. The molecule has 0 atom stereocenters. The van der Waals surface area contributed by atoms with Crippen molar-refractivity contribution in [1.29, 1.82) is 0 Å². The number of hydrogen-bond acceptors (Lipinski definition) is 1. The Balaban J connectivity index is 2.70. The normalized spacial score (nSPS) is 20.9. The molecule has 2 rings (SSSR count). The Bertz CT molecular complexity index is 419.